The van der Waals surface area contributed by atoms with Gasteiger partial charge in [-0.3, -0.25) is 19.4 Å². The van der Waals surface area contributed by atoms with Crippen LogP contribution in [0, 0.1) is 0 Å². The number of likely N-dealkylation sites (tertiary alicyclic amines) is 1. The lowest BCUT2D eigenvalue weighted by atomic mass is 9.90. The number of aryl methyl sites for hydroxylation is 1. The van der Waals surface area contributed by atoms with Crippen LogP contribution in [0.4, 0.5) is 10.5 Å². The molecule has 4 atom stereocenters. The number of benzene rings is 1. The van der Waals surface area contributed by atoms with Crippen molar-refractivity contribution >= 4 is 17.7 Å². The molecule has 204 valence electrons. The third-order valence-electron chi connectivity index (χ3n) is 7.61. The molecular formula is C31H37N5O3. The van der Waals surface area contributed by atoms with E-state index >= 15 is 0 Å². The molecule has 8 heteroatoms. The molecule has 39 heavy (non-hydrogen) atoms. The van der Waals surface area contributed by atoms with Crippen molar-refractivity contribution in [3.63, 3.8) is 0 Å². The van der Waals surface area contributed by atoms with Crippen LogP contribution in [-0.4, -0.2) is 49.3 Å². The van der Waals surface area contributed by atoms with Crippen molar-refractivity contribution in [3.8, 4) is 0 Å². The first-order valence-corrected chi connectivity index (χ1v) is 13.6. The number of rotatable bonds is 6. The molecule has 4 heterocycles. The Hall–Kier alpha value is -3.94. The van der Waals surface area contributed by atoms with E-state index in [2.05, 4.69) is 28.9 Å². The summed E-state index contributed by atoms with van der Waals surface area (Å²) in [5, 5.41) is 7.33. The summed E-state index contributed by atoms with van der Waals surface area (Å²) in [5.41, 5.74) is 4.37. The number of fused-ring (bicyclic) bond motifs is 1. The maximum atomic E-state index is 13.5. The second kappa shape index (κ2) is 10.7. The van der Waals surface area contributed by atoms with Crippen molar-refractivity contribution in [3.05, 3.63) is 90.0 Å². The van der Waals surface area contributed by atoms with Crippen molar-refractivity contribution in [1.29, 1.82) is 0 Å². The molecule has 1 aromatic carbocycles. The highest BCUT2D eigenvalue weighted by Gasteiger charge is 2.44. The van der Waals surface area contributed by atoms with E-state index in [1.807, 2.05) is 79.0 Å². The van der Waals surface area contributed by atoms with Gasteiger partial charge >= 0.3 is 6.09 Å². The van der Waals surface area contributed by atoms with Gasteiger partial charge in [0.25, 0.3) is 0 Å². The van der Waals surface area contributed by atoms with Crippen LogP contribution in [0.2, 0.25) is 0 Å². The number of amides is 2. The van der Waals surface area contributed by atoms with Gasteiger partial charge in [0.15, 0.2) is 0 Å². The van der Waals surface area contributed by atoms with Gasteiger partial charge in [-0.1, -0.05) is 37.3 Å². The van der Waals surface area contributed by atoms with Crippen LogP contribution in [0.5, 0.6) is 0 Å². The fourth-order valence-corrected chi connectivity index (χ4v) is 5.81. The van der Waals surface area contributed by atoms with E-state index < -0.39 is 5.60 Å². The second-order valence-corrected chi connectivity index (χ2v) is 11.6. The monoisotopic (exact) mass is 527 g/mol. The normalized spacial score (nSPS) is 21.5. The molecule has 0 bridgehead atoms. The summed E-state index contributed by atoms with van der Waals surface area (Å²) in [5.74, 6) is -0.0344. The number of ether oxygens (including phenoxy) is 1. The molecule has 5 rings (SSSR count). The van der Waals surface area contributed by atoms with Crippen LogP contribution in [-0.2, 0) is 22.4 Å². The van der Waals surface area contributed by atoms with E-state index in [0.717, 1.165) is 40.9 Å². The number of carbonyl (C=O) groups is 2. The minimum absolute atomic E-state index is 0.0206. The Morgan fingerprint density at radius 1 is 1.15 bits per heavy atom. The Morgan fingerprint density at radius 3 is 2.62 bits per heavy atom. The summed E-state index contributed by atoms with van der Waals surface area (Å²) >= 11 is 0. The third-order valence-corrected chi connectivity index (χ3v) is 7.61. The largest absolute Gasteiger partial charge is 0.444 e. The Labute approximate surface area is 230 Å². The minimum atomic E-state index is -0.607. The predicted octanol–water partition coefficient (Wildman–Crippen LogP) is 5.68. The number of aromatic nitrogens is 3. The molecule has 0 spiro atoms. The molecule has 0 saturated carbocycles. The van der Waals surface area contributed by atoms with Crippen molar-refractivity contribution in [2.75, 3.05) is 5.32 Å². The van der Waals surface area contributed by atoms with E-state index in [4.69, 9.17) is 4.74 Å². The summed E-state index contributed by atoms with van der Waals surface area (Å²) in [6, 6.07) is 13.2. The topological polar surface area (TPSA) is 89.4 Å². The summed E-state index contributed by atoms with van der Waals surface area (Å²) in [7, 11) is 0. The third kappa shape index (κ3) is 5.75. The Balaban J connectivity index is 1.31. The number of hydrogen-bond donors (Lipinski definition) is 1. The highest BCUT2D eigenvalue weighted by molar-refractivity contribution is 5.94. The molecule has 0 unspecified atom stereocenters. The van der Waals surface area contributed by atoms with Gasteiger partial charge in [0.05, 0.1) is 6.04 Å². The smallest absolute Gasteiger partial charge is 0.411 e. The number of pyridine rings is 1. The first-order valence-electron chi connectivity index (χ1n) is 13.6. The molecule has 1 N–H and O–H groups in total. The van der Waals surface area contributed by atoms with Crippen LogP contribution >= 0.6 is 0 Å². The minimum Gasteiger partial charge on any atom is -0.444 e. The fraction of sp³-hybridized carbons (Fsp3) is 0.419. The summed E-state index contributed by atoms with van der Waals surface area (Å²) in [4.78, 5) is 32.6. The van der Waals surface area contributed by atoms with Gasteiger partial charge in [-0.15, -0.1) is 0 Å². The van der Waals surface area contributed by atoms with Gasteiger partial charge in [-0.2, -0.15) is 5.10 Å². The first-order chi connectivity index (χ1) is 18.6. The number of nitrogens with zero attached hydrogens (tertiary/aromatic N) is 4. The Morgan fingerprint density at radius 2 is 1.92 bits per heavy atom. The lowest BCUT2D eigenvalue weighted by Crippen LogP contribution is -2.46. The van der Waals surface area contributed by atoms with E-state index in [1.165, 1.54) is 0 Å². The Kier molecular flexibility index (Phi) is 7.30. The van der Waals surface area contributed by atoms with Gasteiger partial charge < -0.3 is 10.1 Å². The maximum absolute atomic E-state index is 13.5. The van der Waals surface area contributed by atoms with Crippen LogP contribution in [0.25, 0.3) is 0 Å². The summed E-state index contributed by atoms with van der Waals surface area (Å²) in [6.07, 6.45) is 7.99. The standard InChI is InChI=1S/C31H37N5O3/c1-20-17-26(35(30(38)39-31(3,4)5)28(20)21(2)23-7-6-15-32-19-23)18-22-8-10-24(11-9-22)34-29(37)27-13-12-25-14-16-33-36(25)27/h6-11,14-16,19,21,26-28H,1,12-13,17-18H2,2-5H3,(H,34,37)/t21-,26+,27+,28-/m1/s1. The second-order valence-electron chi connectivity index (χ2n) is 11.6. The average Bonchev–Trinajstić information content (AvgIpc) is 3.59. The molecule has 2 aliphatic rings. The molecule has 1 fully saturated rings. The summed E-state index contributed by atoms with van der Waals surface area (Å²) in [6.45, 7) is 12.1. The van der Waals surface area contributed by atoms with Crippen molar-refractivity contribution in [1.82, 2.24) is 19.7 Å². The molecule has 2 aliphatic heterocycles. The van der Waals surface area contributed by atoms with Crippen molar-refractivity contribution in [2.45, 2.75) is 83.0 Å². The van der Waals surface area contributed by atoms with Crippen LogP contribution < -0.4 is 5.32 Å². The lowest BCUT2D eigenvalue weighted by Gasteiger charge is -2.35. The molecule has 1 saturated heterocycles. The van der Waals surface area contributed by atoms with Crippen molar-refractivity contribution < 1.29 is 14.3 Å². The number of nitrogens with one attached hydrogen (secondary N) is 1. The van der Waals surface area contributed by atoms with Gasteiger partial charge in [0.2, 0.25) is 5.91 Å². The number of hydrogen-bond acceptors (Lipinski definition) is 5. The van der Waals surface area contributed by atoms with Crippen LogP contribution in [0.1, 0.15) is 69.3 Å². The van der Waals surface area contributed by atoms with E-state index in [-0.39, 0.29) is 36.0 Å². The predicted molar refractivity (Wildman–Crippen MR) is 150 cm³/mol. The van der Waals surface area contributed by atoms with Gasteiger partial charge in [0, 0.05) is 41.9 Å². The van der Waals surface area contributed by atoms with E-state index in [0.29, 0.717) is 12.8 Å². The SMILES string of the molecule is C=C1C[C@@H](Cc2ccc(NC(=O)[C@@H]3CCc4ccnn43)cc2)N(C(=O)OC(C)(C)C)[C@H]1[C@H](C)c1cccnc1. The number of carbonyl (C=O) groups excluding carboxylic acids is 2. The van der Waals surface area contributed by atoms with E-state index in [9.17, 15) is 9.59 Å². The molecular weight excluding hydrogens is 490 g/mol. The zero-order chi connectivity index (χ0) is 27.7. The lowest BCUT2D eigenvalue weighted by molar-refractivity contribution is -0.119. The van der Waals surface area contributed by atoms with E-state index in [1.54, 1.807) is 12.4 Å². The van der Waals surface area contributed by atoms with Crippen LogP contribution in [0.15, 0.2) is 73.2 Å². The fourth-order valence-electron chi connectivity index (χ4n) is 5.81. The quantitative estimate of drug-likeness (QED) is 0.416. The zero-order valence-corrected chi connectivity index (χ0v) is 23.1. The molecule has 0 aliphatic carbocycles. The molecule has 0 radical (unpaired) electrons. The summed E-state index contributed by atoms with van der Waals surface area (Å²) < 4.78 is 7.67. The van der Waals surface area contributed by atoms with Gasteiger partial charge in [-0.25, -0.2) is 4.79 Å². The zero-order valence-electron chi connectivity index (χ0n) is 23.1. The highest BCUT2D eigenvalue weighted by atomic mass is 16.6. The molecule has 3 aromatic rings. The first kappa shape index (κ1) is 26.7. The van der Waals surface area contributed by atoms with Gasteiger partial charge in [0.1, 0.15) is 11.6 Å². The average molecular weight is 528 g/mol. The number of anilines is 1. The maximum Gasteiger partial charge on any atom is 0.411 e. The Bertz CT molecular complexity index is 1340. The van der Waals surface area contributed by atoms with Crippen molar-refractivity contribution in [2.24, 2.45) is 0 Å². The molecule has 2 aromatic heterocycles. The molecule has 2 amide bonds. The van der Waals surface area contributed by atoms with Crippen LogP contribution in [0.3, 0.4) is 0 Å². The van der Waals surface area contributed by atoms with Gasteiger partial charge in [-0.05, 0) is 81.8 Å². The molecule has 8 nitrogen and oxygen atoms in total. The highest BCUT2D eigenvalue weighted by Crippen LogP contribution is 2.39.